The molecule has 0 radical (unpaired) electrons. The number of nitrogens with zero attached hydrogens (tertiary/aromatic N) is 1. The summed E-state index contributed by atoms with van der Waals surface area (Å²) in [5, 5.41) is 0.871. The Morgan fingerprint density at radius 3 is 3.07 bits per heavy atom. The van der Waals surface area contributed by atoms with Crippen molar-refractivity contribution in [2.24, 2.45) is 0 Å². The molecule has 1 aromatic heterocycles. The van der Waals surface area contributed by atoms with E-state index in [0.29, 0.717) is 6.61 Å². The van der Waals surface area contributed by atoms with Gasteiger partial charge in [-0.3, -0.25) is 0 Å². The SMILES string of the molecule is COCc1nsc2cc(F)c(N)cc12. The minimum atomic E-state index is -0.398. The maximum atomic E-state index is 13.1. The van der Waals surface area contributed by atoms with E-state index in [0.717, 1.165) is 15.8 Å². The number of hydrogen-bond donors (Lipinski definition) is 1. The molecule has 3 nitrogen and oxygen atoms in total. The number of anilines is 1. The van der Waals surface area contributed by atoms with Crippen LogP contribution in [0, 0.1) is 5.82 Å². The van der Waals surface area contributed by atoms with E-state index in [1.807, 2.05) is 0 Å². The van der Waals surface area contributed by atoms with Gasteiger partial charge in [0, 0.05) is 12.5 Å². The molecular formula is C9H9FN2OS. The van der Waals surface area contributed by atoms with Crippen molar-refractivity contribution < 1.29 is 9.13 Å². The number of nitrogen functional groups attached to an aromatic ring is 1. The van der Waals surface area contributed by atoms with Crippen LogP contribution in [0.5, 0.6) is 0 Å². The van der Waals surface area contributed by atoms with Gasteiger partial charge in [0.15, 0.2) is 0 Å². The zero-order chi connectivity index (χ0) is 10.1. The van der Waals surface area contributed by atoms with Crippen LogP contribution in [0.2, 0.25) is 0 Å². The molecule has 1 heterocycles. The van der Waals surface area contributed by atoms with Crippen molar-refractivity contribution in [2.75, 3.05) is 12.8 Å². The van der Waals surface area contributed by atoms with Gasteiger partial charge in [-0.2, -0.15) is 4.37 Å². The number of benzene rings is 1. The molecule has 2 N–H and O–H groups in total. The Bertz CT molecular complexity index is 469. The third-order valence-corrected chi connectivity index (χ3v) is 2.79. The molecule has 0 aliphatic heterocycles. The Morgan fingerprint density at radius 1 is 1.57 bits per heavy atom. The van der Waals surface area contributed by atoms with Gasteiger partial charge in [-0.1, -0.05) is 0 Å². The molecule has 0 saturated heterocycles. The number of halogens is 1. The highest BCUT2D eigenvalue weighted by molar-refractivity contribution is 7.13. The van der Waals surface area contributed by atoms with Crippen molar-refractivity contribution in [1.82, 2.24) is 4.37 Å². The number of fused-ring (bicyclic) bond motifs is 1. The van der Waals surface area contributed by atoms with Crippen LogP contribution in [0.25, 0.3) is 10.1 Å². The van der Waals surface area contributed by atoms with E-state index in [2.05, 4.69) is 4.37 Å². The molecule has 0 aliphatic rings. The first-order chi connectivity index (χ1) is 6.72. The zero-order valence-electron chi connectivity index (χ0n) is 7.58. The van der Waals surface area contributed by atoms with Gasteiger partial charge in [0.2, 0.25) is 0 Å². The summed E-state index contributed by atoms with van der Waals surface area (Å²) < 4.78 is 23.0. The van der Waals surface area contributed by atoms with E-state index in [1.165, 1.54) is 17.6 Å². The molecule has 0 bridgehead atoms. The highest BCUT2D eigenvalue weighted by atomic mass is 32.1. The predicted octanol–water partition coefficient (Wildman–Crippen LogP) is 2.16. The molecule has 0 aliphatic carbocycles. The van der Waals surface area contributed by atoms with Crippen LogP contribution in [-0.4, -0.2) is 11.5 Å². The van der Waals surface area contributed by atoms with Gasteiger partial charge in [-0.15, -0.1) is 0 Å². The maximum Gasteiger partial charge on any atom is 0.147 e. The Morgan fingerprint density at radius 2 is 2.36 bits per heavy atom. The van der Waals surface area contributed by atoms with Crippen LogP contribution >= 0.6 is 11.5 Å². The Kier molecular flexibility index (Phi) is 2.35. The molecule has 0 fully saturated rings. The molecule has 74 valence electrons. The van der Waals surface area contributed by atoms with E-state index in [4.69, 9.17) is 10.5 Å². The highest BCUT2D eigenvalue weighted by Crippen LogP contribution is 2.27. The zero-order valence-corrected chi connectivity index (χ0v) is 8.40. The number of hydrogen-bond acceptors (Lipinski definition) is 4. The Hall–Kier alpha value is -1.20. The predicted molar refractivity (Wildman–Crippen MR) is 54.7 cm³/mol. The van der Waals surface area contributed by atoms with Gasteiger partial charge < -0.3 is 10.5 Å². The van der Waals surface area contributed by atoms with Crippen LogP contribution in [0.15, 0.2) is 12.1 Å². The van der Waals surface area contributed by atoms with Gasteiger partial charge >= 0.3 is 0 Å². The fourth-order valence-corrected chi connectivity index (χ4v) is 2.06. The summed E-state index contributed by atoms with van der Waals surface area (Å²) in [6.45, 7) is 0.422. The van der Waals surface area contributed by atoms with Crippen molar-refractivity contribution in [3.05, 3.63) is 23.6 Å². The summed E-state index contributed by atoms with van der Waals surface area (Å²) in [7, 11) is 1.60. The lowest BCUT2D eigenvalue weighted by Crippen LogP contribution is -1.91. The summed E-state index contributed by atoms with van der Waals surface area (Å²) in [6, 6.07) is 3.00. The van der Waals surface area contributed by atoms with Gasteiger partial charge in [0.25, 0.3) is 0 Å². The number of ether oxygens (including phenoxy) is 1. The Balaban J connectivity index is 2.61. The lowest BCUT2D eigenvalue weighted by atomic mass is 10.2. The van der Waals surface area contributed by atoms with Crippen LogP contribution in [0.4, 0.5) is 10.1 Å². The van der Waals surface area contributed by atoms with Crippen molar-refractivity contribution >= 4 is 27.3 Å². The number of methoxy groups -OCH3 is 1. The van der Waals surface area contributed by atoms with Crippen molar-refractivity contribution in [3.8, 4) is 0 Å². The highest BCUT2D eigenvalue weighted by Gasteiger charge is 2.08. The summed E-state index contributed by atoms with van der Waals surface area (Å²) in [4.78, 5) is 0. The molecule has 5 heteroatoms. The van der Waals surface area contributed by atoms with Crippen LogP contribution in [0.3, 0.4) is 0 Å². The maximum absolute atomic E-state index is 13.1. The fourth-order valence-electron chi connectivity index (χ4n) is 1.27. The van der Waals surface area contributed by atoms with Crippen molar-refractivity contribution in [3.63, 3.8) is 0 Å². The van der Waals surface area contributed by atoms with E-state index in [-0.39, 0.29) is 5.69 Å². The summed E-state index contributed by atoms with van der Waals surface area (Å²) in [5.41, 5.74) is 6.42. The summed E-state index contributed by atoms with van der Waals surface area (Å²) in [5.74, 6) is -0.398. The van der Waals surface area contributed by atoms with Gasteiger partial charge in [-0.05, 0) is 23.7 Å². The average Bonchev–Trinajstić information content (AvgIpc) is 2.51. The molecular weight excluding hydrogens is 203 g/mol. The number of aromatic nitrogens is 1. The monoisotopic (exact) mass is 212 g/mol. The van der Waals surface area contributed by atoms with Gasteiger partial charge in [-0.25, -0.2) is 4.39 Å². The van der Waals surface area contributed by atoms with E-state index >= 15 is 0 Å². The van der Waals surface area contributed by atoms with E-state index in [9.17, 15) is 4.39 Å². The fraction of sp³-hybridized carbons (Fsp3) is 0.222. The van der Waals surface area contributed by atoms with Crippen molar-refractivity contribution in [2.45, 2.75) is 6.61 Å². The van der Waals surface area contributed by atoms with E-state index < -0.39 is 5.82 Å². The summed E-state index contributed by atoms with van der Waals surface area (Å²) in [6.07, 6.45) is 0. The first-order valence-electron chi connectivity index (χ1n) is 4.04. The lowest BCUT2D eigenvalue weighted by molar-refractivity contribution is 0.183. The second-order valence-electron chi connectivity index (χ2n) is 2.93. The van der Waals surface area contributed by atoms with Crippen LogP contribution in [-0.2, 0) is 11.3 Å². The normalized spacial score (nSPS) is 11.0. The summed E-state index contributed by atoms with van der Waals surface area (Å²) >= 11 is 1.25. The first kappa shape index (κ1) is 9.36. The number of nitrogens with two attached hydrogens (primary N) is 1. The van der Waals surface area contributed by atoms with Gasteiger partial charge in [0.05, 0.1) is 22.7 Å². The second-order valence-corrected chi connectivity index (χ2v) is 3.74. The Labute approximate surface area is 84.5 Å². The average molecular weight is 212 g/mol. The molecule has 0 saturated carbocycles. The molecule has 0 amide bonds. The third kappa shape index (κ3) is 1.44. The largest absolute Gasteiger partial charge is 0.396 e. The molecule has 0 unspecified atom stereocenters. The topological polar surface area (TPSA) is 48.1 Å². The molecule has 2 rings (SSSR count). The minimum Gasteiger partial charge on any atom is -0.396 e. The molecule has 0 spiro atoms. The third-order valence-electron chi connectivity index (χ3n) is 1.95. The smallest absolute Gasteiger partial charge is 0.147 e. The molecule has 2 aromatic rings. The van der Waals surface area contributed by atoms with Gasteiger partial charge in [0.1, 0.15) is 5.82 Å². The second kappa shape index (κ2) is 3.51. The molecule has 1 aromatic carbocycles. The lowest BCUT2D eigenvalue weighted by Gasteiger charge is -1.98. The van der Waals surface area contributed by atoms with Crippen molar-refractivity contribution in [1.29, 1.82) is 0 Å². The molecule has 0 atom stereocenters. The van der Waals surface area contributed by atoms with Crippen LogP contribution in [0.1, 0.15) is 5.69 Å². The number of rotatable bonds is 2. The van der Waals surface area contributed by atoms with Crippen LogP contribution < -0.4 is 5.73 Å². The minimum absolute atomic E-state index is 0.148. The standard InChI is InChI=1S/C9H9FN2OS/c1-13-4-8-5-2-7(11)6(10)3-9(5)14-12-8/h2-3H,4,11H2,1H3. The first-order valence-corrected chi connectivity index (χ1v) is 4.82. The van der Waals surface area contributed by atoms with E-state index in [1.54, 1.807) is 13.2 Å². The quantitative estimate of drug-likeness (QED) is 0.776. The molecule has 14 heavy (non-hydrogen) atoms.